The minimum atomic E-state index is -0.559. The zero-order valence-electron chi connectivity index (χ0n) is 11.7. The van der Waals surface area contributed by atoms with Crippen LogP contribution in [0.1, 0.15) is 5.56 Å². The summed E-state index contributed by atoms with van der Waals surface area (Å²) in [6, 6.07) is 11.0. The quantitative estimate of drug-likeness (QED) is 0.664. The predicted octanol–water partition coefficient (Wildman–Crippen LogP) is 2.54. The maximum absolute atomic E-state index is 11.3. The van der Waals surface area contributed by atoms with Crippen molar-refractivity contribution in [1.29, 1.82) is 5.26 Å². The Morgan fingerprint density at radius 3 is 2.87 bits per heavy atom. The molecule has 3 rings (SSSR count). The highest BCUT2D eigenvalue weighted by Gasteiger charge is 2.16. The van der Waals surface area contributed by atoms with Crippen molar-refractivity contribution in [2.45, 2.75) is 0 Å². The average molecular weight is 310 g/mol. The Morgan fingerprint density at radius 1 is 1.30 bits per heavy atom. The molecular formula is C15H10N4O4. The molecule has 0 bridgehead atoms. The molecular weight excluding hydrogens is 300 g/mol. The molecule has 2 aromatic carbocycles. The fraction of sp³-hybridized carbons (Fsp3) is 0.0667. The number of nitrogens with one attached hydrogen (secondary N) is 2. The van der Waals surface area contributed by atoms with Crippen LogP contribution in [0.5, 0.6) is 5.75 Å². The van der Waals surface area contributed by atoms with Crippen molar-refractivity contribution >= 4 is 28.7 Å². The Bertz CT molecular complexity index is 857. The molecule has 1 aliphatic heterocycles. The fourth-order valence-corrected chi connectivity index (χ4v) is 2.16. The number of amides is 1. The minimum Gasteiger partial charge on any atom is -0.482 e. The summed E-state index contributed by atoms with van der Waals surface area (Å²) < 4.78 is 5.26. The summed E-state index contributed by atoms with van der Waals surface area (Å²) >= 11 is 0. The third kappa shape index (κ3) is 2.89. The van der Waals surface area contributed by atoms with E-state index in [1.807, 2.05) is 6.07 Å². The van der Waals surface area contributed by atoms with Gasteiger partial charge < -0.3 is 15.4 Å². The van der Waals surface area contributed by atoms with E-state index in [1.54, 1.807) is 18.2 Å². The maximum Gasteiger partial charge on any atom is 0.270 e. The van der Waals surface area contributed by atoms with Gasteiger partial charge in [-0.2, -0.15) is 5.26 Å². The first-order chi connectivity index (χ1) is 11.1. The van der Waals surface area contributed by atoms with E-state index in [0.717, 1.165) is 0 Å². The molecule has 1 amide bonds. The van der Waals surface area contributed by atoms with Crippen LogP contribution in [0.4, 0.5) is 22.7 Å². The van der Waals surface area contributed by atoms with Crippen LogP contribution in [-0.4, -0.2) is 17.4 Å². The third-order valence-corrected chi connectivity index (χ3v) is 3.23. The molecule has 0 spiro atoms. The molecule has 8 heteroatoms. The number of fused-ring (bicyclic) bond motifs is 1. The zero-order valence-corrected chi connectivity index (χ0v) is 11.7. The van der Waals surface area contributed by atoms with Crippen LogP contribution in [0.3, 0.4) is 0 Å². The molecule has 0 radical (unpaired) electrons. The first kappa shape index (κ1) is 14.3. The second-order valence-corrected chi connectivity index (χ2v) is 4.77. The molecule has 23 heavy (non-hydrogen) atoms. The van der Waals surface area contributed by atoms with Crippen molar-refractivity contribution in [1.82, 2.24) is 0 Å². The number of carbonyl (C=O) groups is 1. The molecule has 0 atom stereocenters. The molecule has 114 valence electrons. The topological polar surface area (TPSA) is 117 Å². The average Bonchev–Trinajstić information content (AvgIpc) is 2.54. The van der Waals surface area contributed by atoms with Gasteiger partial charge in [0.2, 0.25) is 0 Å². The Hall–Kier alpha value is -3.60. The van der Waals surface area contributed by atoms with Gasteiger partial charge in [0, 0.05) is 17.8 Å². The number of anilines is 3. The fourth-order valence-electron chi connectivity index (χ4n) is 2.16. The van der Waals surface area contributed by atoms with Gasteiger partial charge in [0.1, 0.15) is 11.8 Å². The van der Waals surface area contributed by atoms with Crippen molar-refractivity contribution in [3.05, 3.63) is 52.1 Å². The van der Waals surface area contributed by atoms with Crippen LogP contribution in [0.15, 0.2) is 36.4 Å². The van der Waals surface area contributed by atoms with Crippen molar-refractivity contribution in [2.75, 3.05) is 17.2 Å². The lowest BCUT2D eigenvalue weighted by atomic mass is 10.1. The smallest absolute Gasteiger partial charge is 0.270 e. The lowest BCUT2D eigenvalue weighted by Gasteiger charge is -2.19. The van der Waals surface area contributed by atoms with Gasteiger partial charge in [0.05, 0.1) is 21.9 Å². The van der Waals surface area contributed by atoms with Gasteiger partial charge >= 0.3 is 0 Å². The number of ether oxygens (including phenoxy) is 1. The van der Waals surface area contributed by atoms with Crippen molar-refractivity contribution in [3.63, 3.8) is 0 Å². The first-order valence-corrected chi connectivity index (χ1v) is 6.59. The van der Waals surface area contributed by atoms with E-state index in [2.05, 4.69) is 10.6 Å². The standard InChI is InChI=1S/C15H10N4O4/c16-7-9-5-11(19(21)22)2-3-12(9)17-10-1-4-14-13(6-10)18-15(20)8-23-14/h1-6,17H,8H2,(H,18,20). The second kappa shape index (κ2) is 5.65. The van der Waals surface area contributed by atoms with E-state index in [1.165, 1.54) is 18.2 Å². The first-order valence-electron chi connectivity index (χ1n) is 6.59. The zero-order chi connectivity index (χ0) is 16.4. The van der Waals surface area contributed by atoms with Gasteiger partial charge in [0.25, 0.3) is 11.6 Å². The van der Waals surface area contributed by atoms with E-state index in [-0.39, 0.29) is 23.8 Å². The summed E-state index contributed by atoms with van der Waals surface area (Å²) in [7, 11) is 0. The number of carbonyl (C=O) groups excluding carboxylic acids is 1. The van der Waals surface area contributed by atoms with E-state index in [0.29, 0.717) is 22.8 Å². The van der Waals surface area contributed by atoms with E-state index in [4.69, 9.17) is 10.00 Å². The van der Waals surface area contributed by atoms with Crippen LogP contribution < -0.4 is 15.4 Å². The molecule has 1 heterocycles. The number of hydrogen-bond donors (Lipinski definition) is 2. The van der Waals surface area contributed by atoms with Crippen molar-refractivity contribution < 1.29 is 14.5 Å². The van der Waals surface area contributed by atoms with Gasteiger partial charge in [-0.3, -0.25) is 14.9 Å². The summed E-state index contributed by atoms with van der Waals surface area (Å²) in [6.07, 6.45) is 0. The van der Waals surface area contributed by atoms with Crippen LogP contribution in [-0.2, 0) is 4.79 Å². The number of nitro groups is 1. The molecule has 2 N–H and O–H groups in total. The van der Waals surface area contributed by atoms with Crippen LogP contribution in [0, 0.1) is 21.4 Å². The van der Waals surface area contributed by atoms with Gasteiger partial charge in [0.15, 0.2) is 6.61 Å². The molecule has 0 unspecified atom stereocenters. The Balaban J connectivity index is 1.91. The molecule has 2 aromatic rings. The molecule has 0 fully saturated rings. The maximum atomic E-state index is 11.3. The van der Waals surface area contributed by atoms with E-state index < -0.39 is 4.92 Å². The highest BCUT2D eigenvalue weighted by molar-refractivity contribution is 5.96. The van der Waals surface area contributed by atoms with Gasteiger partial charge in [-0.25, -0.2) is 0 Å². The summed E-state index contributed by atoms with van der Waals surface area (Å²) in [5.74, 6) is 0.307. The highest BCUT2D eigenvalue weighted by atomic mass is 16.6. The third-order valence-electron chi connectivity index (χ3n) is 3.23. The minimum absolute atomic E-state index is 0.0271. The molecule has 0 saturated carbocycles. The monoisotopic (exact) mass is 310 g/mol. The Morgan fingerprint density at radius 2 is 2.13 bits per heavy atom. The normalized spacial score (nSPS) is 12.4. The molecule has 8 nitrogen and oxygen atoms in total. The van der Waals surface area contributed by atoms with Gasteiger partial charge in [-0.1, -0.05) is 0 Å². The molecule has 0 aromatic heterocycles. The number of nitrogens with zero attached hydrogens (tertiary/aromatic N) is 2. The lowest BCUT2D eigenvalue weighted by molar-refractivity contribution is -0.384. The second-order valence-electron chi connectivity index (χ2n) is 4.77. The summed E-state index contributed by atoms with van der Waals surface area (Å²) in [4.78, 5) is 21.5. The largest absolute Gasteiger partial charge is 0.482 e. The summed E-state index contributed by atoms with van der Waals surface area (Å²) in [5, 5.41) is 25.6. The SMILES string of the molecule is N#Cc1cc([N+](=O)[O-])ccc1Nc1ccc2c(c1)NC(=O)CO2. The Labute approximate surface area is 130 Å². The van der Waals surface area contributed by atoms with Crippen LogP contribution in [0.25, 0.3) is 0 Å². The Kier molecular flexibility index (Phi) is 3.52. The van der Waals surface area contributed by atoms with E-state index >= 15 is 0 Å². The highest BCUT2D eigenvalue weighted by Crippen LogP contribution is 2.32. The number of benzene rings is 2. The number of rotatable bonds is 3. The molecule has 1 aliphatic rings. The van der Waals surface area contributed by atoms with Gasteiger partial charge in [-0.15, -0.1) is 0 Å². The molecule has 0 saturated heterocycles. The lowest BCUT2D eigenvalue weighted by Crippen LogP contribution is -2.25. The molecule has 0 aliphatic carbocycles. The van der Waals surface area contributed by atoms with Gasteiger partial charge in [-0.05, 0) is 24.3 Å². The number of hydrogen-bond acceptors (Lipinski definition) is 6. The number of non-ortho nitro benzene ring substituents is 1. The summed E-state index contributed by atoms with van der Waals surface area (Å²) in [5.41, 5.74) is 1.56. The number of nitro benzene ring substituents is 1. The predicted molar refractivity (Wildman–Crippen MR) is 81.7 cm³/mol. The van der Waals surface area contributed by atoms with Crippen LogP contribution >= 0.6 is 0 Å². The van der Waals surface area contributed by atoms with Crippen molar-refractivity contribution in [3.8, 4) is 11.8 Å². The van der Waals surface area contributed by atoms with Crippen LogP contribution in [0.2, 0.25) is 0 Å². The van der Waals surface area contributed by atoms with Crippen molar-refractivity contribution in [2.24, 2.45) is 0 Å². The number of nitriles is 1. The summed E-state index contributed by atoms with van der Waals surface area (Å²) in [6.45, 7) is -0.0271. The van der Waals surface area contributed by atoms with E-state index in [9.17, 15) is 14.9 Å².